The highest BCUT2D eigenvalue weighted by Gasteiger charge is 2.47. The van der Waals surface area contributed by atoms with E-state index in [1.54, 1.807) is 14.2 Å². The standard InChI is InChI=1S/C18H18N4O2S2/c1-23-13-7-3-5-11(9-13)15-19-17(25)22-16(20-18(26)21(15)22)12-6-4-8-14(10-12)24-2/h3-10,15-16H,1-2H3,(H,19,25)(H,20,26)/t15-,16-/m1/s1. The molecule has 0 aliphatic carbocycles. The fourth-order valence-corrected chi connectivity index (χ4v) is 3.85. The zero-order chi connectivity index (χ0) is 18.3. The van der Waals surface area contributed by atoms with Crippen LogP contribution in [0.1, 0.15) is 23.5 Å². The van der Waals surface area contributed by atoms with Crippen LogP contribution in [0.4, 0.5) is 0 Å². The molecule has 6 nitrogen and oxygen atoms in total. The lowest BCUT2D eigenvalue weighted by Crippen LogP contribution is -2.36. The van der Waals surface area contributed by atoms with Crippen molar-refractivity contribution < 1.29 is 9.47 Å². The monoisotopic (exact) mass is 386 g/mol. The maximum Gasteiger partial charge on any atom is 0.192 e. The minimum Gasteiger partial charge on any atom is -0.497 e. The van der Waals surface area contributed by atoms with Gasteiger partial charge in [-0.1, -0.05) is 24.3 Å². The van der Waals surface area contributed by atoms with E-state index in [0.717, 1.165) is 22.6 Å². The smallest absolute Gasteiger partial charge is 0.192 e. The number of hydrogen-bond donors (Lipinski definition) is 2. The first kappa shape index (κ1) is 16.9. The summed E-state index contributed by atoms with van der Waals surface area (Å²) in [5.41, 5.74) is 2.04. The van der Waals surface area contributed by atoms with Crippen molar-refractivity contribution >= 4 is 34.7 Å². The molecule has 2 aromatic carbocycles. The third-order valence-electron chi connectivity index (χ3n) is 4.48. The van der Waals surface area contributed by atoms with E-state index in [9.17, 15) is 0 Å². The molecule has 0 radical (unpaired) electrons. The van der Waals surface area contributed by atoms with E-state index in [-0.39, 0.29) is 12.3 Å². The Kier molecular flexibility index (Phi) is 4.29. The van der Waals surface area contributed by atoms with Gasteiger partial charge in [-0.05, 0) is 48.7 Å². The predicted octanol–water partition coefficient (Wildman–Crippen LogP) is 2.70. The van der Waals surface area contributed by atoms with Gasteiger partial charge in [0.05, 0.1) is 14.2 Å². The molecule has 134 valence electrons. The van der Waals surface area contributed by atoms with Gasteiger partial charge >= 0.3 is 0 Å². The van der Waals surface area contributed by atoms with Crippen molar-refractivity contribution in [2.24, 2.45) is 0 Å². The number of thiocarbonyl (C=S) groups is 2. The van der Waals surface area contributed by atoms with Gasteiger partial charge < -0.3 is 20.1 Å². The van der Waals surface area contributed by atoms with Crippen molar-refractivity contribution in [3.05, 3.63) is 59.7 Å². The molecule has 0 unspecified atom stereocenters. The average Bonchev–Trinajstić information content (AvgIpc) is 3.20. The van der Waals surface area contributed by atoms with Crippen LogP contribution in [-0.2, 0) is 0 Å². The second-order valence-electron chi connectivity index (χ2n) is 5.95. The number of hydrogen-bond acceptors (Lipinski definition) is 4. The Morgan fingerprint density at radius 1 is 0.769 bits per heavy atom. The summed E-state index contributed by atoms with van der Waals surface area (Å²) < 4.78 is 10.7. The molecule has 2 aromatic rings. The molecule has 0 aromatic heterocycles. The first-order valence-corrected chi connectivity index (χ1v) is 8.91. The van der Waals surface area contributed by atoms with Crippen LogP contribution in [0.2, 0.25) is 0 Å². The number of ether oxygens (including phenoxy) is 2. The van der Waals surface area contributed by atoms with Gasteiger partial charge in [0.15, 0.2) is 10.2 Å². The molecule has 26 heavy (non-hydrogen) atoms. The molecule has 2 saturated heterocycles. The highest BCUT2D eigenvalue weighted by atomic mass is 32.1. The topological polar surface area (TPSA) is 49.0 Å². The van der Waals surface area contributed by atoms with E-state index in [0.29, 0.717) is 10.2 Å². The molecule has 0 bridgehead atoms. The lowest BCUT2D eigenvalue weighted by molar-refractivity contribution is 0.114. The van der Waals surface area contributed by atoms with E-state index in [4.69, 9.17) is 33.9 Å². The molecule has 2 fully saturated rings. The second kappa shape index (κ2) is 6.62. The van der Waals surface area contributed by atoms with Crippen LogP contribution < -0.4 is 20.1 Å². The number of methoxy groups -OCH3 is 2. The zero-order valence-corrected chi connectivity index (χ0v) is 15.9. The number of fused-ring (bicyclic) bond motifs is 1. The van der Waals surface area contributed by atoms with E-state index in [1.165, 1.54) is 0 Å². The molecule has 8 heteroatoms. The summed E-state index contributed by atoms with van der Waals surface area (Å²) in [5, 5.41) is 11.9. The van der Waals surface area contributed by atoms with Gasteiger partial charge in [0, 0.05) is 11.1 Å². The molecule has 2 heterocycles. The minimum atomic E-state index is -0.187. The molecular formula is C18H18N4O2S2. The minimum absolute atomic E-state index is 0.187. The van der Waals surface area contributed by atoms with Crippen LogP contribution in [0.5, 0.6) is 11.5 Å². The molecule has 2 N–H and O–H groups in total. The molecule has 0 spiro atoms. The lowest BCUT2D eigenvalue weighted by Gasteiger charge is -2.27. The highest BCUT2D eigenvalue weighted by Crippen LogP contribution is 2.37. The maximum absolute atomic E-state index is 5.60. The van der Waals surface area contributed by atoms with E-state index < -0.39 is 0 Å². The van der Waals surface area contributed by atoms with Gasteiger partial charge in [-0.3, -0.25) is 0 Å². The SMILES string of the molecule is COc1cccc([C@@H]2NC(=S)N3[C@H](c4cccc(OC)c4)NC(=S)N23)c1. The summed E-state index contributed by atoms with van der Waals surface area (Å²) in [6, 6.07) is 15.7. The molecule has 2 atom stereocenters. The Bertz CT molecular complexity index is 804. The van der Waals surface area contributed by atoms with Gasteiger partial charge in [-0.25, -0.2) is 10.0 Å². The van der Waals surface area contributed by atoms with Crippen molar-refractivity contribution in [2.75, 3.05) is 14.2 Å². The Morgan fingerprint density at radius 2 is 1.19 bits per heavy atom. The Labute approximate surface area is 162 Å². The number of nitrogens with one attached hydrogen (secondary N) is 2. The summed E-state index contributed by atoms with van der Waals surface area (Å²) in [6.45, 7) is 0. The summed E-state index contributed by atoms with van der Waals surface area (Å²) in [4.78, 5) is 0. The second-order valence-corrected chi connectivity index (χ2v) is 6.72. The van der Waals surface area contributed by atoms with Crippen LogP contribution in [0.3, 0.4) is 0 Å². The van der Waals surface area contributed by atoms with Crippen molar-refractivity contribution in [1.29, 1.82) is 0 Å². The van der Waals surface area contributed by atoms with Gasteiger partial charge in [0.25, 0.3) is 0 Å². The molecule has 2 aliphatic rings. The molecule has 0 amide bonds. The first-order valence-electron chi connectivity index (χ1n) is 8.09. The third-order valence-corrected chi connectivity index (χ3v) is 5.09. The summed E-state index contributed by atoms with van der Waals surface area (Å²) in [6.07, 6.45) is -0.374. The molecule has 4 rings (SSSR count). The normalized spacial score (nSPS) is 21.3. The van der Waals surface area contributed by atoms with E-state index in [1.807, 2.05) is 58.5 Å². The van der Waals surface area contributed by atoms with Crippen molar-refractivity contribution in [2.45, 2.75) is 12.3 Å². The van der Waals surface area contributed by atoms with Crippen molar-refractivity contribution in [3.63, 3.8) is 0 Å². The predicted molar refractivity (Wildman–Crippen MR) is 107 cm³/mol. The number of nitrogens with zero attached hydrogens (tertiary/aromatic N) is 2. The number of benzene rings is 2. The third kappa shape index (κ3) is 2.71. The molecule has 0 saturated carbocycles. The van der Waals surface area contributed by atoms with Crippen LogP contribution in [0.15, 0.2) is 48.5 Å². The molecule has 2 aliphatic heterocycles. The van der Waals surface area contributed by atoms with Gasteiger partial charge in [-0.2, -0.15) is 0 Å². The quantitative estimate of drug-likeness (QED) is 0.778. The Morgan fingerprint density at radius 3 is 1.58 bits per heavy atom. The van der Waals surface area contributed by atoms with E-state index in [2.05, 4.69) is 10.6 Å². The fraction of sp³-hybridized carbons (Fsp3) is 0.222. The Balaban J connectivity index is 1.69. The van der Waals surface area contributed by atoms with Crippen LogP contribution >= 0.6 is 24.4 Å². The van der Waals surface area contributed by atoms with Gasteiger partial charge in [0.1, 0.15) is 23.8 Å². The maximum atomic E-state index is 5.60. The van der Waals surface area contributed by atoms with E-state index >= 15 is 0 Å². The van der Waals surface area contributed by atoms with Crippen LogP contribution in [-0.4, -0.2) is 34.5 Å². The average molecular weight is 387 g/mol. The largest absolute Gasteiger partial charge is 0.497 e. The highest BCUT2D eigenvalue weighted by molar-refractivity contribution is 7.80. The van der Waals surface area contributed by atoms with Crippen LogP contribution in [0, 0.1) is 0 Å². The summed E-state index contributed by atoms with van der Waals surface area (Å²) in [5.74, 6) is 1.58. The Hall–Kier alpha value is -2.58. The fourth-order valence-electron chi connectivity index (χ4n) is 3.24. The van der Waals surface area contributed by atoms with Crippen LogP contribution in [0.25, 0.3) is 0 Å². The number of hydrazine groups is 1. The lowest BCUT2D eigenvalue weighted by atomic mass is 10.1. The van der Waals surface area contributed by atoms with Gasteiger partial charge in [0.2, 0.25) is 0 Å². The summed E-state index contributed by atoms with van der Waals surface area (Å²) >= 11 is 11.2. The first-order chi connectivity index (χ1) is 12.6. The number of rotatable bonds is 4. The van der Waals surface area contributed by atoms with Crippen molar-refractivity contribution in [3.8, 4) is 11.5 Å². The molecular weight excluding hydrogens is 368 g/mol. The van der Waals surface area contributed by atoms with Gasteiger partial charge in [-0.15, -0.1) is 0 Å². The zero-order valence-electron chi connectivity index (χ0n) is 14.3. The van der Waals surface area contributed by atoms with Crippen molar-refractivity contribution in [1.82, 2.24) is 20.7 Å². The summed E-state index contributed by atoms with van der Waals surface area (Å²) in [7, 11) is 3.30.